The number of carbonyl (C=O) groups excluding carboxylic acids is 2. The molecule has 1 fully saturated rings. The van der Waals surface area contributed by atoms with Crippen molar-refractivity contribution in [2.24, 2.45) is 0 Å². The first-order chi connectivity index (χ1) is 14.5. The van der Waals surface area contributed by atoms with E-state index in [9.17, 15) is 9.59 Å². The van der Waals surface area contributed by atoms with Gasteiger partial charge in [-0.15, -0.1) is 10.1 Å². The molecule has 3 aromatic rings. The summed E-state index contributed by atoms with van der Waals surface area (Å²) in [6.45, 7) is 0. The number of hydrogen-bond donors (Lipinski definition) is 2. The van der Waals surface area contributed by atoms with Crippen molar-refractivity contribution < 1.29 is 14.3 Å². The third-order valence-corrected chi connectivity index (χ3v) is 5.53. The number of carbonyl (C=O) groups is 2. The smallest absolute Gasteiger partial charge is 0.304 e. The van der Waals surface area contributed by atoms with Gasteiger partial charge in [-0.05, 0) is 24.3 Å². The van der Waals surface area contributed by atoms with Crippen LogP contribution in [0.4, 0.5) is 0 Å². The van der Waals surface area contributed by atoms with Gasteiger partial charge < -0.3 is 5.32 Å². The van der Waals surface area contributed by atoms with Crippen LogP contribution in [0, 0.1) is 0 Å². The van der Waals surface area contributed by atoms with Gasteiger partial charge in [0.1, 0.15) is 0 Å². The highest BCUT2D eigenvalue weighted by molar-refractivity contribution is 6.38. The number of hydrazone groups is 1. The summed E-state index contributed by atoms with van der Waals surface area (Å²) in [5.74, 6) is -0.651. The van der Waals surface area contributed by atoms with Crippen molar-refractivity contribution in [2.45, 2.75) is 12.1 Å². The molecule has 7 heteroatoms. The Hall–Kier alpha value is -3.15. The number of benzene rings is 3. The van der Waals surface area contributed by atoms with E-state index in [1.54, 1.807) is 53.4 Å². The Kier molecular flexibility index (Phi) is 5.84. The first kappa shape index (κ1) is 20.1. The van der Waals surface area contributed by atoms with Crippen LogP contribution in [-0.2, 0) is 4.79 Å². The number of rotatable bonds is 4. The molecule has 150 valence electrons. The Morgan fingerprint density at radius 1 is 0.900 bits per heavy atom. The summed E-state index contributed by atoms with van der Waals surface area (Å²) >= 11 is 12.6. The number of amides is 2. The third-order valence-electron chi connectivity index (χ3n) is 4.87. The fourth-order valence-electron chi connectivity index (χ4n) is 3.42. The molecule has 3 aromatic carbocycles. The first-order valence-corrected chi connectivity index (χ1v) is 10.1. The highest BCUT2D eigenvalue weighted by Gasteiger charge is 2.47. The van der Waals surface area contributed by atoms with Crippen molar-refractivity contribution in [1.82, 2.24) is 10.7 Å². The molecule has 5 nitrogen and oxygen atoms in total. The van der Waals surface area contributed by atoms with E-state index in [1.165, 1.54) is 0 Å². The second kappa shape index (κ2) is 8.69. The van der Waals surface area contributed by atoms with Crippen LogP contribution >= 0.6 is 23.2 Å². The molecular weight excluding hydrogens is 421 g/mol. The number of nitrogens with zero attached hydrogens (tertiary/aromatic N) is 1. The Morgan fingerprint density at radius 2 is 1.50 bits per heavy atom. The van der Waals surface area contributed by atoms with Gasteiger partial charge in [0.25, 0.3) is 5.91 Å². The van der Waals surface area contributed by atoms with Crippen LogP contribution in [-0.4, -0.2) is 28.8 Å². The maximum atomic E-state index is 12.8. The molecule has 0 saturated carbocycles. The maximum absolute atomic E-state index is 12.8. The lowest BCUT2D eigenvalue weighted by molar-refractivity contribution is -0.596. The van der Waals surface area contributed by atoms with E-state index in [4.69, 9.17) is 23.2 Å². The molecule has 30 heavy (non-hydrogen) atoms. The Labute approximate surface area is 183 Å². The largest absolute Gasteiger partial charge is 0.334 e. The molecule has 1 heterocycles. The van der Waals surface area contributed by atoms with E-state index in [1.807, 2.05) is 36.4 Å². The van der Waals surface area contributed by atoms with E-state index in [2.05, 4.69) is 10.7 Å². The predicted octanol–water partition coefficient (Wildman–Crippen LogP) is 4.01. The monoisotopic (exact) mass is 438 g/mol. The zero-order valence-electron chi connectivity index (χ0n) is 15.8. The van der Waals surface area contributed by atoms with Crippen LogP contribution in [0.15, 0.2) is 78.9 Å². The van der Waals surface area contributed by atoms with Crippen LogP contribution in [0.1, 0.15) is 27.5 Å². The zero-order valence-corrected chi connectivity index (χ0v) is 17.3. The predicted molar refractivity (Wildman–Crippen MR) is 117 cm³/mol. The molecule has 0 unspecified atom stereocenters. The number of hydrogen-bond acceptors (Lipinski definition) is 2. The molecule has 0 radical (unpaired) electrons. The summed E-state index contributed by atoms with van der Waals surface area (Å²) in [4.78, 5) is 25.6. The molecule has 2 N–H and O–H groups in total. The molecule has 1 saturated heterocycles. The van der Waals surface area contributed by atoms with Gasteiger partial charge in [0, 0.05) is 11.1 Å². The summed E-state index contributed by atoms with van der Waals surface area (Å²) in [5, 5.41) is 3.78. The Bertz CT molecular complexity index is 1100. The van der Waals surface area contributed by atoms with Gasteiger partial charge in [-0.3, -0.25) is 9.59 Å². The molecule has 0 spiro atoms. The average molecular weight is 439 g/mol. The quantitative estimate of drug-likeness (QED) is 0.604. The van der Waals surface area contributed by atoms with Gasteiger partial charge in [0.2, 0.25) is 12.3 Å². The second-order valence-electron chi connectivity index (χ2n) is 6.82. The SMILES string of the molecule is O=C(N[C@H]1C(=O)N/[N+](=C\c2c(Cl)cccc2Cl)[C@@H]1c1ccccc1)c1ccccc1. The van der Waals surface area contributed by atoms with Crippen LogP contribution in [0.2, 0.25) is 10.0 Å². The van der Waals surface area contributed by atoms with Crippen molar-refractivity contribution in [3.8, 4) is 0 Å². The van der Waals surface area contributed by atoms with Crippen LogP contribution in [0.25, 0.3) is 0 Å². The molecular formula is C23H18Cl2N3O2+. The molecule has 0 aliphatic carbocycles. The van der Waals surface area contributed by atoms with Gasteiger partial charge in [0.05, 0.1) is 15.6 Å². The van der Waals surface area contributed by atoms with Gasteiger partial charge in [-0.1, -0.05) is 77.8 Å². The second-order valence-corrected chi connectivity index (χ2v) is 7.63. The molecule has 1 aliphatic heterocycles. The van der Waals surface area contributed by atoms with Crippen LogP contribution in [0.3, 0.4) is 0 Å². The highest BCUT2D eigenvalue weighted by atomic mass is 35.5. The fourth-order valence-corrected chi connectivity index (χ4v) is 3.91. The van der Waals surface area contributed by atoms with Crippen molar-refractivity contribution in [3.63, 3.8) is 0 Å². The molecule has 4 rings (SSSR count). The minimum atomic E-state index is -0.808. The summed E-state index contributed by atoms with van der Waals surface area (Å²) in [6, 6.07) is 22.2. The first-order valence-electron chi connectivity index (χ1n) is 9.33. The zero-order chi connectivity index (χ0) is 21.1. The van der Waals surface area contributed by atoms with Gasteiger partial charge in [-0.2, -0.15) is 0 Å². The lowest BCUT2D eigenvalue weighted by atomic mass is 10.00. The van der Waals surface area contributed by atoms with Crippen molar-refractivity contribution in [3.05, 3.63) is 106 Å². The summed E-state index contributed by atoms with van der Waals surface area (Å²) < 4.78 is 1.64. The van der Waals surface area contributed by atoms with E-state index < -0.39 is 12.1 Å². The number of halogens is 2. The fraction of sp³-hybridized carbons (Fsp3) is 0.0870. The van der Waals surface area contributed by atoms with Gasteiger partial charge in [-0.25, -0.2) is 0 Å². The maximum Gasteiger partial charge on any atom is 0.304 e. The summed E-state index contributed by atoms with van der Waals surface area (Å²) in [6.07, 6.45) is 1.69. The Morgan fingerprint density at radius 3 is 2.13 bits per heavy atom. The van der Waals surface area contributed by atoms with Crippen molar-refractivity contribution in [1.29, 1.82) is 0 Å². The van der Waals surface area contributed by atoms with E-state index in [0.717, 1.165) is 5.56 Å². The van der Waals surface area contributed by atoms with Crippen molar-refractivity contribution >= 4 is 41.2 Å². The van der Waals surface area contributed by atoms with Gasteiger partial charge in [0.15, 0.2) is 6.04 Å². The van der Waals surface area contributed by atoms with Crippen molar-refractivity contribution in [2.75, 3.05) is 0 Å². The summed E-state index contributed by atoms with van der Waals surface area (Å²) in [7, 11) is 0. The average Bonchev–Trinajstić information content (AvgIpc) is 3.07. The summed E-state index contributed by atoms with van der Waals surface area (Å²) in [5.41, 5.74) is 4.74. The lowest BCUT2D eigenvalue weighted by Crippen LogP contribution is -2.42. The molecule has 0 bridgehead atoms. The molecule has 0 aromatic heterocycles. The topological polar surface area (TPSA) is 61.2 Å². The normalized spacial score (nSPS) is 19.5. The molecule has 2 amide bonds. The molecule has 1 aliphatic rings. The number of hydrazine groups is 1. The van der Waals surface area contributed by atoms with Crippen LogP contribution < -0.4 is 10.7 Å². The van der Waals surface area contributed by atoms with E-state index in [-0.39, 0.29) is 11.8 Å². The highest BCUT2D eigenvalue weighted by Crippen LogP contribution is 2.27. The number of nitrogens with one attached hydrogen (secondary N) is 2. The molecule has 2 atom stereocenters. The van der Waals surface area contributed by atoms with E-state index >= 15 is 0 Å². The van der Waals surface area contributed by atoms with E-state index in [0.29, 0.717) is 21.2 Å². The van der Waals surface area contributed by atoms with Crippen LogP contribution in [0.5, 0.6) is 0 Å². The Balaban J connectivity index is 1.74. The standard InChI is InChI=1S/C23H17Cl2N3O2/c24-18-12-7-13-19(25)17(18)14-28-21(15-8-3-1-4-9-15)20(23(30)27-28)26-22(29)16-10-5-2-6-11-16/h1-14,20-21H,(H-,26,27,29,30)/p+1/b28-14-/t20-,21-/m1/s1. The minimum Gasteiger partial charge on any atom is -0.334 e. The van der Waals surface area contributed by atoms with Gasteiger partial charge >= 0.3 is 5.91 Å². The third kappa shape index (κ3) is 4.08. The minimum absolute atomic E-state index is 0.325. The lowest BCUT2D eigenvalue weighted by Gasteiger charge is -2.14.